The molecule has 0 bridgehead atoms. The Hall–Kier alpha value is -3.03. The third kappa shape index (κ3) is 3.54. The standard InChI is InChI=1S/C20H17ClN4O2S/c1-26-17-9-5-3-7-15(17)19-23-24-20(28)25(19)22-12-13-10-11-18(27-13)14-6-2-4-8-16(14)21/h2-11,22H,12H2,1H3,(H,24,28). The summed E-state index contributed by atoms with van der Waals surface area (Å²) in [6.07, 6.45) is 0. The lowest BCUT2D eigenvalue weighted by molar-refractivity contribution is 0.416. The maximum atomic E-state index is 6.25. The van der Waals surface area contributed by atoms with Crippen molar-refractivity contribution in [1.82, 2.24) is 14.9 Å². The second kappa shape index (κ2) is 7.92. The number of ether oxygens (including phenoxy) is 1. The first kappa shape index (κ1) is 18.3. The van der Waals surface area contributed by atoms with E-state index in [1.807, 2.05) is 60.7 Å². The molecular weight excluding hydrogens is 396 g/mol. The number of nitrogens with one attached hydrogen (secondary N) is 2. The Balaban J connectivity index is 1.58. The molecule has 2 heterocycles. The first-order chi connectivity index (χ1) is 13.7. The van der Waals surface area contributed by atoms with Gasteiger partial charge in [-0.15, -0.1) is 0 Å². The van der Waals surface area contributed by atoms with E-state index in [1.54, 1.807) is 11.8 Å². The first-order valence-electron chi connectivity index (χ1n) is 8.55. The fraction of sp³-hybridized carbons (Fsp3) is 0.100. The molecule has 0 saturated heterocycles. The average molecular weight is 413 g/mol. The van der Waals surface area contributed by atoms with Gasteiger partial charge in [-0.05, 0) is 48.6 Å². The fourth-order valence-corrected chi connectivity index (χ4v) is 3.31. The van der Waals surface area contributed by atoms with E-state index >= 15 is 0 Å². The third-order valence-corrected chi connectivity index (χ3v) is 4.84. The summed E-state index contributed by atoms with van der Waals surface area (Å²) < 4.78 is 13.5. The van der Waals surface area contributed by atoms with Crippen molar-refractivity contribution >= 4 is 23.8 Å². The molecule has 2 aromatic heterocycles. The Kier molecular flexibility index (Phi) is 5.18. The zero-order valence-electron chi connectivity index (χ0n) is 15.0. The van der Waals surface area contributed by atoms with Crippen molar-refractivity contribution in [2.45, 2.75) is 6.54 Å². The van der Waals surface area contributed by atoms with E-state index in [9.17, 15) is 0 Å². The molecule has 0 spiro atoms. The van der Waals surface area contributed by atoms with Gasteiger partial charge in [-0.1, -0.05) is 35.9 Å². The van der Waals surface area contributed by atoms with E-state index in [4.69, 9.17) is 33.0 Å². The number of methoxy groups -OCH3 is 1. The largest absolute Gasteiger partial charge is 0.496 e. The van der Waals surface area contributed by atoms with Gasteiger partial charge in [0.2, 0.25) is 4.77 Å². The van der Waals surface area contributed by atoms with Crippen LogP contribution in [0.25, 0.3) is 22.7 Å². The Morgan fingerprint density at radius 2 is 1.86 bits per heavy atom. The molecule has 0 fully saturated rings. The molecular formula is C20H17ClN4O2S. The number of hydrogen-bond acceptors (Lipinski definition) is 5. The number of benzene rings is 2. The van der Waals surface area contributed by atoms with Crippen LogP contribution in [0.4, 0.5) is 0 Å². The van der Waals surface area contributed by atoms with Gasteiger partial charge in [0.1, 0.15) is 17.3 Å². The molecule has 4 rings (SSSR count). The minimum Gasteiger partial charge on any atom is -0.496 e. The molecule has 0 saturated carbocycles. The Morgan fingerprint density at radius 1 is 1.11 bits per heavy atom. The van der Waals surface area contributed by atoms with Gasteiger partial charge >= 0.3 is 0 Å². The van der Waals surface area contributed by atoms with Crippen LogP contribution >= 0.6 is 23.8 Å². The average Bonchev–Trinajstić information content (AvgIpc) is 3.33. The SMILES string of the molecule is COc1ccccc1-c1n[nH]c(=S)n1NCc1ccc(-c2ccccc2Cl)o1. The smallest absolute Gasteiger partial charge is 0.214 e. The normalized spacial score (nSPS) is 10.8. The van der Waals surface area contributed by atoms with Crippen molar-refractivity contribution in [1.29, 1.82) is 0 Å². The van der Waals surface area contributed by atoms with Gasteiger partial charge in [-0.25, -0.2) is 9.77 Å². The molecule has 0 amide bonds. The van der Waals surface area contributed by atoms with Crippen molar-refractivity contribution in [2.24, 2.45) is 0 Å². The molecule has 28 heavy (non-hydrogen) atoms. The molecule has 4 aromatic rings. The summed E-state index contributed by atoms with van der Waals surface area (Å²) >= 11 is 11.6. The molecule has 2 N–H and O–H groups in total. The minimum absolute atomic E-state index is 0.417. The number of nitrogens with zero attached hydrogens (tertiary/aromatic N) is 2. The van der Waals surface area contributed by atoms with E-state index in [0.717, 1.165) is 16.9 Å². The zero-order chi connectivity index (χ0) is 19.5. The molecule has 8 heteroatoms. The Morgan fingerprint density at radius 3 is 2.64 bits per heavy atom. The molecule has 0 atom stereocenters. The summed E-state index contributed by atoms with van der Waals surface area (Å²) in [5.74, 6) is 2.78. The van der Waals surface area contributed by atoms with Crippen molar-refractivity contribution in [2.75, 3.05) is 12.5 Å². The number of aromatic nitrogens is 3. The molecule has 0 unspecified atom stereocenters. The van der Waals surface area contributed by atoms with E-state index in [-0.39, 0.29) is 0 Å². The van der Waals surface area contributed by atoms with Crippen LogP contribution in [0.5, 0.6) is 5.75 Å². The fourth-order valence-electron chi connectivity index (χ4n) is 2.89. The summed E-state index contributed by atoms with van der Waals surface area (Å²) in [4.78, 5) is 0. The second-order valence-corrected chi connectivity index (χ2v) is 6.76. The van der Waals surface area contributed by atoms with E-state index < -0.39 is 0 Å². The van der Waals surface area contributed by atoms with Crippen LogP contribution in [0.3, 0.4) is 0 Å². The van der Waals surface area contributed by atoms with Crippen LogP contribution in [0.2, 0.25) is 5.02 Å². The number of furan rings is 1. The van der Waals surface area contributed by atoms with Gasteiger partial charge in [-0.2, -0.15) is 5.10 Å². The Labute approximate surface area is 171 Å². The minimum atomic E-state index is 0.417. The summed E-state index contributed by atoms with van der Waals surface area (Å²) in [7, 11) is 1.62. The van der Waals surface area contributed by atoms with E-state index in [0.29, 0.717) is 33.7 Å². The molecule has 6 nitrogen and oxygen atoms in total. The van der Waals surface area contributed by atoms with Crippen molar-refractivity contribution in [3.8, 4) is 28.5 Å². The second-order valence-electron chi connectivity index (χ2n) is 5.97. The van der Waals surface area contributed by atoms with Gasteiger partial charge in [-0.3, -0.25) is 0 Å². The van der Waals surface area contributed by atoms with Gasteiger partial charge in [0.15, 0.2) is 5.82 Å². The molecule has 142 valence electrons. The van der Waals surface area contributed by atoms with Gasteiger partial charge in [0.05, 0.1) is 24.2 Å². The van der Waals surface area contributed by atoms with Crippen LogP contribution in [0.15, 0.2) is 65.1 Å². The number of hydrogen-bond donors (Lipinski definition) is 2. The highest BCUT2D eigenvalue weighted by Gasteiger charge is 2.14. The lowest BCUT2D eigenvalue weighted by Crippen LogP contribution is -2.15. The predicted molar refractivity (Wildman–Crippen MR) is 112 cm³/mol. The summed E-state index contributed by atoms with van der Waals surface area (Å²) in [6.45, 7) is 0.417. The third-order valence-electron chi connectivity index (χ3n) is 4.23. The first-order valence-corrected chi connectivity index (χ1v) is 9.34. The number of para-hydroxylation sites is 1. The predicted octanol–water partition coefficient (Wildman–Crippen LogP) is 5.27. The van der Waals surface area contributed by atoms with E-state index in [2.05, 4.69) is 15.6 Å². The number of aromatic amines is 1. The van der Waals surface area contributed by atoms with Crippen LogP contribution in [-0.2, 0) is 6.54 Å². The molecule has 0 aliphatic rings. The number of halogens is 1. The van der Waals surface area contributed by atoms with Crippen LogP contribution in [0, 0.1) is 4.77 Å². The molecule has 0 aliphatic carbocycles. The summed E-state index contributed by atoms with van der Waals surface area (Å²) in [5.41, 5.74) is 4.92. The highest BCUT2D eigenvalue weighted by molar-refractivity contribution is 7.71. The monoisotopic (exact) mass is 412 g/mol. The van der Waals surface area contributed by atoms with Gasteiger partial charge in [0, 0.05) is 5.56 Å². The highest BCUT2D eigenvalue weighted by atomic mass is 35.5. The quantitative estimate of drug-likeness (QED) is 0.422. The number of rotatable bonds is 6. The topological polar surface area (TPSA) is 68.0 Å². The number of H-pyrrole nitrogens is 1. The molecule has 2 aromatic carbocycles. The lowest BCUT2D eigenvalue weighted by atomic mass is 10.2. The van der Waals surface area contributed by atoms with Crippen LogP contribution < -0.4 is 10.2 Å². The zero-order valence-corrected chi connectivity index (χ0v) is 16.6. The van der Waals surface area contributed by atoms with Crippen molar-refractivity contribution in [3.63, 3.8) is 0 Å². The summed E-state index contributed by atoms with van der Waals surface area (Å²) in [6, 6.07) is 19.0. The lowest BCUT2D eigenvalue weighted by Gasteiger charge is -2.11. The van der Waals surface area contributed by atoms with Gasteiger partial charge < -0.3 is 14.6 Å². The van der Waals surface area contributed by atoms with Crippen molar-refractivity contribution in [3.05, 3.63) is 76.2 Å². The van der Waals surface area contributed by atoms with E-state index in [1.165, 1.54) is 0 Å². The van der Waals surface area contributed by atoms with Crippen LogP contribution in [-0.4, -0.2) is 22.0 Å². The van der Waals surface area contributed by atoms with Crippen LogP contribution in [0.1, 0.15) is 5.76 Å². The molecule has 0 aliphatic heterocycles. The summed E-state index contributed by atoms with van der Waals surface area (Å²) in [5, 5.41) is 7.78. The van der Waals surface area contributed by atoms with Crippen molar-refractivity contribution < 1.29 is 9.15 Å². The Bertz CT molecular complexity index is 1160. The molecule has 0 radical (unpaired) electrons. The van der Waals surface area contributed by atoms with Gasteiger partial charge in [0.25, 0.3) is 0 Å². The highest BCUT2D eigenvalue weighted by Crippen LogP contribution is 2.30. The maximum Gasteiger partial charge on any atom is 0.214 e. The maximum absolute atomic E-state index is 6.25.